The maximum Gasteiger partial charge on any atom is 0.277 e. The van der Waals surface area contributed by atoms with Crippen LogP contribution in [0.25, 0.3) is 11.5 Å². The van der Waals surface area contributed by atoms with Crippen LogP contribution < -0.4 is 0 Å². The monoisotopic (exact) mass is 297 g/mol. The summed E-state index contributed by atoms with van der Waals surface area (Å²) in [4.78, 5) is 4.09. The second-order valence-electron chi connectivity index (χ2n) is 4.90. The number of benzene rings is 1. The molecule has 0 fully saturated rings. The molecular weight excluding hydrogens is 282 g/mol. The number of nitrogens with zero attached hydrogens (tertiary/aromatic N) is 3. The van der Waals surface area contributed by atoms with E-state index < -0.39 is 0 Å². The van der Waals surface area contributed by atoms with Gasteiger partial charge in [0.05, 0.1) is 0 Å². The highest BCUT2D eigenvalue weighted by Gasteiger charge is 2.10. The Morgan fingerprint density at radius 3 is 2.62 bits per heavy atom. The smallest absolute Gasteiger partial charge is 0.277 e. The number of hydrogen-bond donors (Lipinski definition) is 0. The van der Waals surface area contributed by atoms with Gasteiger partial charge >= 0.3 is 0 Å². The predicted molar refractivity (Wildman–Crippen MR) is 83.0 cm³/mol. The fourth-order valence-corrected chi connectivity index (χ4v) is 2.81. The number of thioether (sulfide) groups is 1. The maximum atomic E-state index is 5.72. The zero-order valence-corrected chi connectivity index (χ0v) is 12.7. The molecule has 2 aromatic heterocycles. The molecule has 4 nitrogen and oxygen atoms in total. The molecule has 3 aromatic rings. The van der Waals surface area contributed by atoms with E-state index in [1.54, 1.807) is 6.20 Å². The SMILES string of the molecule is Cc1cc(C)cc(-c2nnc(SCc3cccnc3)o2)c1. The molecule has 0 unspecified atom stereocenters. The van der Waals surface area contributed by atoms with Crippen molar-refractivity contribution in [2.75, 3.05) is 0 Å². The fraction of sp³-hybridized carbons (Fsp3) is 0.188. The first-order valence-electron chi connectivity index (χ1n) is 6.64. The Bertz CT molecular complexity index is 720. The fourth-order valence-electron chi connectivity index (χ4n) is 2.11. The molecule has 0 spiro atoms. The van der Waals surface area contributed by atoms with Gasteiger partial charge in [-0.25, -0.2) is 0 Å². The summed E-state index contributed by atoms with van der Waals surface area (Å²) in [6.07, 6.45) is 3.60. The molecular formula is C16H15N3OS. The van der Waals surface area contributed by atoms with E-state index in [0.717, 1.165) is 16.9 Å². The van der Waals surface area contributed by atoms with E-state index in [2.05, 4.69) is 47.2 Å². The van der Waals surface area contributed by atoms with Crippen LogP contribution in [0.3, 0.4) is 0 Å². The van der Waals surface area contributed by atoms with E-state index in [1.165, 1.54) is 22.9 Å². The van der Waals surface area contributed by atoms with Crippen LogP contribution in [0.5, 0.6) is 0 Å². The van der Waals surface area contributed by atoms with Gasteiger partial charge in [0.2, 0.25) is 5.89 Å². The molecule has 0 amide bonds. The van der Waals surface area contributed by atoms with Gasteiger partial charge in [-0.1, -0.05) is 35.0 Å². The molecule has 0 saturated carbocycles. The minimum atomic E-state index is 0.565. The first kappa shape index (κ1) is 13.8. The van der Waals surface area contributed by atoms with Crippen molar-refractivity contribution in [2.45, 2.75) is 24.8 Å². The Morgan fingerprint density at radius 1 is 1.10 bits per heavy atom. The molecule has 0 atom stereocenters. The average molecular weight is 297 g/mol. The number of hydrogen-bond acceptors (Lipinski definition) is 5. The molecule has 5 heteroatoms. The topological polar surface area (TPSA) is 51.8 Å². The average Bonchev–Trinajstić information content (AvgIpc) is 2.94. The molecule has 0 N–H and O–H groups in total. The van der Waals surface area contributed by atoms with Crippen LogP contribution in [-0.2, 0) is 5.75 Å². The normalized spacial score (nSPS) is 10.8. The highest BCUT2D eigenvalue weighted by Crippen LogP contribution is 2.26. The predicted octanol–water partition coefficient (Wildman–Crippen LogP) is 4.04. The third kappa shape index (κ3) is 3.49. The van der Waals surface area contributed by atoms with Crippen LogP contribution in [0.2, 0.25) is 0 Å². The Hall–Kier alpha value is -2.14. The highest BCUT2D eigenvalue weighted by atomic mass is 32.2. The molecule has 3 rings (SSSR count). The first-order chi connectivity index (χ1) is 10.2. The molecule has 21 heavy (non-hydrogen) atoms. The number of aromatic nitrogens is 3. The van der Waals surface area contributed by atoms with Gasteiger partial charge in [-0.3, -0.25) is 4.98 Å². The first-order valence-corrected chi connectivity index (χ1v) is 7.63. The third-order valence-electron chi connectivity index (χ3n) is 2.96. The van der Waals surface area contributed by atoms with Crippen molar-refractivity contribution in [3.05, 3.63) is 59.4 Å². The zero-order chi connectivity index (χ0) is 14.7. The quantitative estimate of drug-likeness (QED) is 0.680. The summed E-state index contributed by atoms with van der Waals surface area (Å²) in [6.45, 7) is 4.12. The molecule has 106 valence electrons. The summed E-state index contributed by atoms with van der Waals surface area (Å²) in [5, 5.41) is 8.80. The summed E-state index contributed by atoms with van der Waals surface area (Å²) < 4.78 is 5.72. The molecule has 0 aliphatic rings. The van der Waals surface area contributed by atoms with Gasteiger partial charge in [0.1, 0.15) is 0 Å². The Labute approximate surface area is 127 Å². The summed E-state index contributed by atoms with van der Waals surface area (Å²) >= 11 is 1.52. The van der Waals surface area contributed by atoms with Crippen LogP contribution in [0, 0.1) is 13.8 Å². The van der Waals surface area contributed by atoms with Crippen molar-refractivity contribution >= 4 is 11.8 Å². The van der Waals surface area contributed by atoms with E-state index in [0.29, 0.717) is 11.1 Å². The van der Waals surface area contributed by atoms with Crippen molar-refractivity contribution in [3.8, 4) is 11.5 Å². The van der Waals surface area contributed by atoms with Gasteiger partial charge in [0.25, 0.3) is 5.22 Å². The summed E-state index contributed by atoms with van der Waals surface area (Å²) in [6, 6.07) is 10.2. The number of pyridine rings is 1. The summed E-state index contributed by atoms with van der Waals surface area (Å²) in [7, 11) is 0. The molecule has 0 saturated heterocycles. The minimum Gasteiger partial charge on any atom is -0.411 e. The highest BCUT2D eigenvalue weighted by molar-refractivity contribution is 7.98. The second kappa shape index (κ2) is 6.10. The van der Waals surface area contributed by atoms with Crippen molar-refractivity contribution in [1.29, 1.82) is 0 Å². The standard InChI is InChI=1S/C16H15N3OS/c1-11-6-12(2)8-14(7-11)15-18-19-16(20-15)21-10-13-4-3-5-17-9-13/h3-9H,10H2,1-2H3. The van der Waals surface area contributed by atoms with E-state index in [1.807, 2.05) is 18.3 Å². The number of rotatable bonds is 4. The lowest BCUT2D eigenvalue weighted by Gasteiger charge is -2.00. The molecule has 0 radical (unpaired) electrons. The van der Waals surface area contributed by atoms with Crippen molar-refractivity contribution in [2.24, 2.45) is 0 Å². The Kier molecular flexibility index (Phi) is 4.01. The van der Waals surface area contributed by atoms with Gasteiger partial charge in [-0.2, -0.15) is 0 Å². The van der Waals surface area contributed by atoms with E-state index in [9.17, 15) is 0 Å². The van der Waals surface area contributed by atoms with Crippen LogP contribution in [0.15, 0.2) is 52.4 Å². The van der Waals surface area contributed by atoms with Gasteiger partial charge < -0.3 is 4.42 Å². The van der Waals surface area contributed by atoms with Crippen LogP contribution in [0.1, 0.15) is 16.7 Å². The van der Waals surface area contributed by atoms with E-state index in [-0.39, 0.29) is 0 Å². The van der Waals surface area contributed by atoms with Crippen molar-refractivity contribution in [3.63, 3.8) is 0 Å². The maximum absolute atomic E-state index is 5.72. The van der Waals surface area contributed by atoms with Crippen molar-refractivity contribution in [1.82, 2.24) is 15.2 Å². The van der Waals surface area contributed by atoms with Crippen molar-refractivity contribution < 1.29 is 4.42 Å². The van der Waals surface area contributed by atoms with Gasteiger partial charge in [-0.15, -0.1) is 10.2 Å². The molecule has 0 aliphatic heterocycles. The zero-order valence-electron chi connectivity index (χ0n) is 11.9. The molecule has 0 bridgehead atoms. The largest absolute Gasteiger partial charge is 0.411 e. The Balaban J connectivity index is 1.74. The lowest BCUT2D eigenvalue weighted by atomic mass is 10.1. The molecule has 0 aliphatic carbocycles. The van der Waals surface area contributed by atoms with Gasteiger partial charge in [0.15, 0.2) is 0 Å². The van der Waals surface area contributed by atoms with Gasteiger partial charge in [-0.05, 0) is 37.6 Å². The van der Waals surface area contributed by atoms with Crippen LogP contribution >= 0.6 is 11.8 Å². The lowest BCUT2D eigenvalue weighted by Crippen LogP contribution is -1.82. The summed E-state index contributed by atoms with van der Waals surface area (Å²) in [5.74, 6) is 1.33. The van der Waals surface area contributed by atoms with Crippen LogP contribution in [0.4, 0.5) is 0 Å². The van der Waals surface area contributed by atoms with E-state index >= 15 is 0 Å². The molecule has 1 aromatic carbocycles. The Morgan fingerprint density at radius 2 is 1.90 bits per heavy atom. The minimum absolute atomic E-state index is 0.565. The summed E-state index contributed by atoms with van der Waals surface area (Å²) in [5.41, 5.74) is 4.47. The lowest BCUT2D eigenvalue weighted by molar-refractivity contribution is 0.466. The van der Waals surface area contributed by atoms with Gasteiger partial charge in [0, 0.05) is 23.7 Å². The second-order valence-corrected chi connectivity index (χ2v) is 5.83. The third-order valence-corrected chi connectivity index (χ3v) is 3.85. The van der Waals surface area contributed by atoms with E-state index in [4.69, 9.17) is 4.42 Å². The van der Waals surface area contributed by atoms with Crippen LogP contribution in [-0.4, -0.2) is 15.2 Å². The molecule has 2 heterocycles. The number of aryl methyl sites for hydroxylation is 2.